The number of aromatic nitrogens is 2. The lowest BCUT2D eigenvalue weighted by Gasteiger charge is -2.28. The average molecular weight is 299 g/mol. The average Bonchev–Trinajstić information content (AvgIpc) is 3.04. The van der Waals surface area contributed by atoms with Crippen LogP contribution < -0.4 is 5.43 Å². The van der Waals surface area contributed by atoms with Gasteiger partial charge in [0.15, 0.2) is 5.43 Å². The molecule has 1 aliphatic rings. The molecule has 0 unspecified atom stereocenters. The Morgan fingerprint density at radius 1 is 1.45 bits per heavy atom. The first kappa shape index (κ1) is 14.5. The van der Waals surface area contributed by atoms with Gasteiger partial charge in [-0.3, -0.25) is 14.6 Å². The Kier molecular flexibility index (Phi) is 4.02. The van der Waals surface area contributed by atoms with E-state index in [4.69, 9.17) is 4.74 Å². The van der Waals surface area contributed by atoms with Crippen LogP contribution in [0.25, 0.3) is 0 Å². The summed E-state index contributed by atoms with van der Waals surface area (Å²) < 4.78 is 5.78. The molecule has 1 fully saturated rings. The summed E-state index contributed by atoms with van der Waals surface area (Å²) in [5.41, 5.74) is 1.04. The van der Waals surface area contributed by atoms with Crippen LogP contribution in [0.15, 0.2) is 47.7 Å². The Balaban J connectivity index is 1.83. The van der Waals surface area contributed by atoms with Crippen LogP contribution in [0.5, 0.6) is 0 Å². The van der Waals surface area contributed by atoms with Crippen molar-refractivity contribution in [3.05, 3.63) is 64.3 Å². The molecule has 2 aromatic rings. The Labute approximate surface area is 127 Å². The van der Waals surface area contributed by atoms with Crippen LogP contribution in [0.4, 0.5) is 0 Å². The highest BCUT2D eigenvalue weighted by Gasteiger charge is 2.35. The van der Waals surface area contributed by atoms with Crippen molar-refractivity contribution >= 4 is 5.91 Å². The van der Waals surface area contributed by atoms with E-state index in [0.717, 1.165) is 12.0 Å². The number of ether oxygens (including phenoxy) is 1. The number of pyridine rings is 2. The van der Waals surface area contributed by atoms with Gasteiger partial charge in [-0.1, -0.05) is 6.07 Å². The summed E-state index contributed by atoms with van der Waals surface area (Å²) in [5.74, 6) is -0.220. The van der Waals surface area contributed by atoms with Crippen molar-refractivity contribution < 1.29 is 9.53 Å². The molecule has 114 valence electrons. The molecular weight excluding hydrogens is 282 g/mol. The third-order valence-corrected chi connectivity index (χ3v) is 3.89. The summed E-state index contributed by atoms with van der Waals surface area (Å²) >= 11 is 0. The molecule has 2 atom stereocenters. The molecule has 1 amide bonds. The number of hydrogen-bond acceptors (Lipinski definition) is 4. The maximum Gasteiger partial charge on any atom is 0.270 e. The van der Waals surface area contributed by atoms with E-state index in [0.29, 0.717) is 6.61 Å². The van der Waals surface area contributed by atoms with Crippen molar-refractivity contribution in [1.82, 2.24) is 14.9 Å². The molecule has 3 rings (SSSR count). The Morgan fingerprint density at radius 2 is 2.32 bits per heavy atom. The van der Waals surface area contributed by atoms with Crippen molar-refractivity contribution in [2.24, 2.45) is 0 Å². The molecule has 1 aliphatic heterocycles. The van der Waals surface area contributed by atoms with Gasteiger partial charge in [-0.25, -0.2) is 0 Å². The molecule has 3 heterocycles. The minimum atomic E-state index is -0.220. The first-order valence-electron chi connectivity index (χ1n) is 7.14. The maximum atomic E-state index is 12.5. The SMILES string of the molecule is CN(C(=O)c1cc(=O)cc[nH]1)[C@H]1CCO[C@@H]1c1cccnc1. The lowest BCUT2D eigenvalue weighted by atomic mass is 10.0. The quantitative estimate of drug-likeness (QED) is 0.929. The molecule has 1 saturated heterocycles. The van der Waals surface area contributed by atoms with Crippen LogP contribution in [0.3, 0.4) is 0 Å². The molecule has 6 nitrogen and oxygen atoms in total. The van der Waals surface area contributed by atoms with Crippen molar-refractivity contribution in [3.63, 3.8) is 0 Å². The van der Waals surface area contributed by atoms with E-state index in [2.05, 4.69) is 9.97 Å². The lowest BCUT2D eigenvalue weighted by Crippen LogP contribution is -2.39. The van der Waals surface area contributed by atoms with Crippen LogP contribution >= 0.6 is 0 Å². The summed E-state index contributed by atoms with van der Waals surface area (Å²) in [5, 5.41) is 0. The molecule has 6 heteroatoms. The molecule has 0 aliphatic carbocycles. The van der Waals surface area contributed by atoms with E-state index in [9.17, 15) is 9.59 Å². The normalized spacial score (nSPS) is 20.8. The summed E-state index contributed by atoms with van der Waals surface area (Å²) in [6.45, 7) is 0.590. The Hall–Kier alpha value is -2.47. The molecule has 0 bridgehead atoms. The zero-order chi connectivity index (χ0) is 15.5. The smallest absolute Gasteiger partial charge is 0.270 e. The maximum absolute atomic E-state index is 12.5. The highest BCUT2D eigenvalue weighted by Crippen LogP contribution is 2.32. The van der Waals surface area contributed by atoms with Gasteiger partial charge in [-0.15, -0.1) is 0 Å². The summed E-state index contributed by atoms with van der Waals surface area (Å²) in [4.78, 5) is 32.5. The van der Waals surface area contributed by atoms with Crippen molar-refractivity contribution in [2.45, 2.75) is 18.6 Å². The van der Waals surface area contributed by atoms with Crippen LogP contribution in [-0.2, 0) is 4.74 Å². The van der Waals surface area contributed by atoms with Gasteiger partial charge < -0.3 is 14.6 Å². The number of rotatable bonds is 3. The fourth-order valence-corrected chi connectivity index (χ4v) is 2.75. The highest BCUT2D eigenvalue weighted by molar-refractivity contribution is 5.92. The number of amides is 1. The van der Waals surface area contributed by atoms with Crippen molar-refractivity contribution in [1.29, 1.82) is 0 Å². The van der Waals surface area contributed by atoms with Crippen LogP contribution in [0, 0.1) is 0 Å². The first-order chi connectivity index (χ1) is 10.7. The Bertz CT molecular complexity index is 714. The second-order valence-corrected chi connectivity index (χ2v) is 5.29. The first-order valence-corrected chi connectivity index (χ1v) is 7.14. The second kappa shape index (κ2) is 6.11. The van der Waals surface area contributed by atoms with Crippen molar-refractivity contribution in [2.75, 3.05) is 13.7 Å². The van der Waals surface area contributed by atoms with E-state index in [1.807, 2.05) is 12.1 Å². The molecule has 2 aromatic heterocycles. The number of aromatic amines is 1. The lowest BCUT2D eigenvalue weighted by molar-refractivity contribution is 0.0510. The topological polar surface area (TPSA) is 75.3 Å². The molecule has 0 radical (unpaired) electrons. The number of nitrogens with zero attached hydrogens (tertiary/aromatic N) is 2. The van der Waals surface area contributed by atoms with Crippen LogP contribution in [0.2, 0.25) is 0 Å². The third kappa shape index (κ3) is 2.78. The fourth-order valence-electron chi connectivity index (χ4n) is 2.75. The number of carbonyl (C=O) groups excluding carboxylic acids is 1. The minimum Gasteiger partial charge on any atom is -0.371 e. The van der Waals surface area contributed by atoms with Gasteiger partial charge in [0.1, 0.15) is 11.8 Å². The number of likely N-dealkylation sites (N-methyl/N-ethyl adjacent to an activating group) is 1. The predicted octanol–water partition coefficient (Wildman–Crippen LogP) is 1.37. The van der Waals surface area contributed by atoms with E-state index in [1.165, 1.54) is 18.3 Å². The largest absolute Gasteiger partial charge is 0.371 e. The second-order valence-electron chi connectivity index (χ2n) is 5.29. The summed E-state index contributed by atoms with van der Waals surface area (Å²) in [6.07, 6.45) is 5.49. The molecule has 0 aromatic carbocycles. The zero-order valence-corrected chi connectivity index (χ0v) is 12.2. The van der Waals surface area contributed by atoms with Crippen LogP contribution in [-0.4, -0.2) is 40.5 Å². The van der Waals surface area contributed by atoms with Gasteiger partial charge in [0, 0.05) is 49.9 Å². The number of H-pyrrole nitrogens is 1. The molecule has 0 saturated carbocycles. The molecule has 22 heavy (non-hydrogen) atoms. The number of nitrogens with one attached hydrogen (secondary N) is 1. The zero-order valence-electron chi connectivity index (χ0n) is 12.2. The summed E-state index contributed by atoms with van der Waals surface area (Å²) in [7, 11) is 1.73. The molecular formula is C16H17N3O3. The van der Waals surface area contributed by atoms with E-state index >= 15 is 0 Å². The standard InChI is InChI=1S/C16H17N3O3/c1-19(16(21)13-9-12(20)4-7-18-13)14-5-8-22-15(14)11-3-2-6-17-10-11/h2-4,6-7,9-10,14-15H,5,8H2,1H3,(H,18,20)/t14-,15+/m0/s1. The van der Waals surface area contributed by atoms with E-state index in [1.54, 1.807) is 24.3 Å². The van der Waals surface area contributed by atoms with Gasteiger partial charge in [0.25, 0.3) is 5.91 Å². The monoisotopic (exact) mass is 299 g/mol. The van der Waals surface area contributed by atoms with Gasteiger partial charge in [-0.05, 0) is 12.5 Å². The Morgan fingerprint density at radius 3 is 3.05 bits per heavy atom. The van der Waals surface area contributed by atoms with E-state index < -0.39 is 0 Å². The van der Waals surface area contributed by atoms with Gasteiger partial charge in [0.2, 0.25) is 0 Å². The van der Waals surface area contributed by atoms with Crippen LogP contribution in [0.1, 0.15) is 28.6 Å². The highest BCUT2D eigenvalue weighted by atomic mass is 16.5. The predicted molar refractivity (Wildman–Crippen MR) is 80.5 cm³/mol. The third-order valence-electron chi connectivity index (χ3n) is 3.89. The van der Waals surface area contributed by atoms with Gasteiger partial charge in [0.05, 0.1) is 6.04 Å². The number of hydrogen-bond donors (Lipinski definition) is 1. The molecule has 1 N–H and O–H groups in total. The fraction of sp³-hybridized carbons (Fsp3) is 0.312. The number of carbonyl (C=O) groups is 1. The van der Waals surface area contributed by atoms with Crippen molar-refractivity contribution in [3.8, 4) is 0 Å². The van der Waals surface area contributed by atoms with Gasteiger partial charge >= 0.3 is 0 Å². The van der Waals surface area contributed by atoms with Gasteiger partial charge in [-0.2, -0.15) is 0 Å². The summed E-state index contributed by atoms with van der Waals surface area (Å²) in [6, 6.07) is 6.41. The van der Waals surface area contributed by atoms with E-state index in [-0.39, 0.29) is 29.2 Å². The molecule has 0 spiro atoms. The minimum absolute atomic E-state index is 0.0830.